The lowest BCUT2D eigenvalue weighted by Gasteiger charge is -2.26. The van der Waals surface area contributed by atoms with E-state index in [9.17, 15) is 0 Å². The van der Waals surface area contributed by atoms with Gasteiger partial charge >= 0.3 is 0 Å². The second-order valence-electron chi connectivity index (χ2n) is 4.89. The maximum absolute atomic E-state index is 4.27. The highest BCUT2D eigenvalue weighted by Gasteiger charge is 2.19. The van der Waals surface area contributed by atoms with E-state index in [1.54, 1.807) is 0 Å². The van der Waals surface area contributed by atoms with Crippen LogP contribution in [0.5, 0.6) is 0 Å². The summed E-state index contributed by atoms with van der Waals surface area (Å²) in [4.78, 5) is 4.27. The molecule has 1 aromatic rings. The molecule has 0 radical (unpaired) electrons. The minimum absolute atomic E-state index is 0.445. The van der Waals surface area contributed by atoms with Crippen LogP contribution in [0.1, 0.15) is 57.2 Å². The number of aromatic nitrogens is 1. The molecule has 0 bridgehead atoms. The Morgan fingerprint density at radius 2 is 2.12 bits per heavy atom. The molecule has 0 aliphatic carbocycles. The highest BCUT2D eigenvalue weighted by Crippen LogP contribution is 2.27. The SMILES string of the molecule is CCCCC(C)C(NCC)c1cnccc1C. The van der Waals surface area contributed by atoms with E-state index in [0.717, 1.165) is 6.54 Å². The Morgan fingerprint density at radius 3 is 2.71 bits per heavy atom. The van der Waals surface area contributed by atoms with Gasteiger partial charge in [-0.15, -0.1) is 0 Å². The molecule has 0 saturated heterocycles. The Bertz CT molecular complexity index is 322. The molecule has 17 heavy (non-hydrogen) atoms. The van der Waals surface area contributed by atoms with Crippen molar-refractivity contribution in [2.45, 2.75) is 53.0 Å². The van der Waals surface area contributed by atoms with Crippen molar-refractivity contribution in [3.05, 3.63) is 29.6 Å². The van der Waals surface area contributed by atoms with Gasteiger partial charge < -0.3 is 5.32 Å². The fraction of sp³-hybridized carbons (Fsp3) is 0.667. The molecular weight excluding hydrogens is 208 g/mol. The highest BCUT2D eigenvalue weighted by atomic mass is 14.9. The van der Waals surface area contributed by atoms with Gasteiger partial charge in [0.1, 0.15) is 0 Å². The fourth-order valence-electron chi connectivity index (χ4n) is 2.33. The molecule has 0 spiro atoms. The van der Waals surface area contributed by atoms with Crippen LogP contribution in [0.2, 0.25) is 0 Å². The van der Waals surface area contributed by atoms with E-state index in [-0.39, 0.29) is 0 Å². The molecule has 1 heterocycles. The molecular formula is C15H26N2. The molecule has 2 heteroatoms. The number of nitrogens with zero attached hydrogens (tertiary/aromatic N) is 1. The summed E-state index contributed by atoms with van der Waals surface area (Å²) in [6, 6.07) is 2.55. The van der Waals surface area contributed by atoms with Gasteiger partial charge in [0.25, 0.3) is 0 Å². The van der Waals surface area contributed by atoms with Gasteiger partial charge in [-0.25, -0.2) is 0 Å². The van der Waals surface area contributed by atoms with Crippen molar-refractivity contribution in [1.29, 1.82) is 0 Å². The summed E-state index contributed by atoms with van der Waals surface area (Å²) in [7, 11) is 0. The molecule has 2 nitrogen and oxygen atoms in total. The van der Waals surface area contributed by atoms with Gasteiger partial charge in [0.2, 0.25) is 0 Å². The van der Waals surface area contributed by atoms with Gasteiger partial charge in [0, 0.05) is 18.4 Å². The maximum Gasteiger partial charge on any atom is 0.0363 e. The maximum atomic E-state index is 4.27. The van der Waals surface area contributed by atoms with Gasteiger partial charge in [-0.1, -0.05) is 33.6 Å². The molecule has 2 unspecified atom stereocenters. The minimum atomic E-state index is 0.445. The quantitative estimate of drug-likeness (QED) is 0.774. The first-order valence-electron chi connectivity index (χ1n) is 6.84. The van der Waals surface area contributed by atoms with Crippen molar-refractivity contribution in [3.8, 4) is 0 Å². The molecule has 1 N–H and O–H groups in total. The van der Waals surface area contributed by atoms with Crippen LogP contribution in [-0.4, -0.2) is 11.5 Å². The zero-order chi connectivity index (χ0) is 12.7. The largest absolute Gasteiger partial charge is 0.310 e. The van der Waals surface area contributed by atoms with Gasteiger partial charge in [-0.3, -0.25) is 4.98 Å². The molecule has 2 atom stereocenters. The molecule has 1 rings (SSSR count). The molecule has 1 aromatic heterocycles. The smallest absolute Gasteiger partial charge is 0.0363 e. The van der Waals surface area contributed by atoms with Crippen molar-refractivity contribution in [1.82, 2.24) is 10.3 Å². The van der Waals surface area contributed by atoms with E-state index in [0.29, 0.717) is 12.0 Å². The molecule has 0 aliphatic rings. The summed E-state index contributed by atoms with van der Waals surface area (Å²) >= 11 is 0. The fourth-order valence-corrected chi connectivity index (χ4v) is 2.33. The van der Waals surface area contributed by atoms with Crippen LogP contribution in [0.15, 0.2) is 18.5 Å². The zero-order valence-electron chi connectivity index (χ0n) is 11.7. The number of nitrogens with one attached hydrogen (secondary N) is 1. The molecule has 96 valence electrons. The minimum Gasteiger partial charge on any atom is -0.310 e. The third kappa shape index (κ3) is 4.12. The summed E-state index contributed by atoms with van der Waals surface area (Å²) in [5.74, 6) is 0.665. The highest BCUT2D eigenvalue weighted by molar-refractivity contribution is 5.25. The van der Waals surface area contributed by atoms with E-state index in [1.165, 1.54) is 30.4 Å². The van der Waals surface area contributed by atoms with Gasteiger partial charge in [0.05, 0.1) is 0 Å². The summed E-state index contributed by atoms with van der Waals surface area (Å²) in [6.45, 7) is 9.95. The van der Waals surface area contributed by atoms with Crippen LogP contribution < -0.4 is 5.32 Å². The molecule has 0 saturated carbocycles. The Balaban J connectivity index is 2.81. The number of aryl methyl sites for hydroxylation is 1. The normalized spacial score (nSPS) is 14.6. The first-order chi connectivity index (χ1) is 8.20. The number of hydrogen-bond donors (Lipinski definition) is 1. The van der Waals surface area contributed by atoms with Crippen LogP contribution in [-0.2, 0) is 0 Å². The Kier molecular flexibility index (Phi) is 6.20. The molecule has 0 aliphatic heterocycles. The monoisotopic (exact) mass is 234 g/mol. The van der Waals surface area contributed by atoms with E-state index in [2.05, 4.69) is 44.1 Å². The topological polar surface area (TPSA) is 24.9 Å². The Labute approximate surface area is 106 Å². The first-order valence-corrected chi connectivity index (χ1v) is 6.84. The van der Waals surface area contributed by atoms with Crippen LogP contribution in [0.4, 0.5) is 0 Å². The van der Waals surface area contributed by atoms with Gasteiger partial charge in [-0.05, 0) is 43.0 Å². The predicted molar refractivity (Wildman–Crippen MR) is 74.1 cm³/mol. The van der Waals surface area contributed by atoms with Crippen molar-refractivity contribution in [2.75, 3.05) is 6.54 Å². The van der Waals surface area contributed by atoms with Crippen molar-refractivity contribution < 1.29 is 0 Å². The van der Waals surface area contributed by atoms with Crippen molar-refractivity contribution in [3.63, 3.8) is 0 Å². The van der Waals surface area contributed by atoms with Gasteiger partial charge in [-0.2, -0.15) is 0 Å². The summed E-state index contributed by atoms with van der Waals surface area (Å²) in [5.41, 5.74) is 2.70. The standard InChI is InChI=1S/C15H26N2/c1-5-7-8-13(4)15(17-6-2)14-11-16-10-9-12(14)3/h9-11,13,15,17H,5-8H2,1-4H3. The summed E-state index contributed by atoms with van der Waals surface area (Å²) in [6.07, 6.45) is 7.75. The average Bonchev–Trinajstić information content (AvgIpc) is 2.34. The molecule has 0 aromatic carbocycles. The Morgan fingerprint density at radius 1 is 1.35 bits per heavy atom. The Hall–Kier alpha value is -0.890. The van der Waals surface area contributed by atoms with E-state index in [4.69, 9.17) is 0 Å². The van der Waals surface area contributed by atoms with Crippen LogP contribution in [0.3, 0.4) is 0 Å². The van der Waals surface area contributed by atoms with Crippen molar-refractivity contribution in [2.24, 2.45) is 5.92 Å². The van der Waals surface area contributed by atoms with Crippen LogP contribution in [0, 0.1) is 12.8 Å². The third-order valence-electron chi connectivity index (χ3n) is 3.42. The second-order valence-corrected chi connectivity index (χ2v) is 4.89. The van der Waals surface area contributed by atoms with Crippen LogP contribution in [0.25, 0.3) is 0 Å². The number of pyridine rings is 1. The second kappa shape index (κ2) is 7.44. The van der Waals surface area contributed by atoms with Crippen molar-refractivity contribution >= 4 is 0 Å². The van der Waals surface area contributed by atoms with E-state index in [1.807, 2.05) is 12.4 Å². The number of unbranched alkanes of at least 4 members (excludes halogenated alkanes) is 1. The van der Waals surface area contributed by atoms with Gasteiger partial charge in [0.15, 0.2) is 0 Å². The first kappa shape index (κ1) is 14.2. The lowest BCUT2D eigenvalue weighted by Crippen LogP contribution is -2.27. The third-order valence-corrected chi connectivity index (χ3v) is 3.42. The lowest BCUT2D eigenvalue weighted by atomic mass is 9.89. The average molecular weight is 234 g/mol. The summed E-state index contributed by atoms with van der Waals surface area (Å²) < 4.78 is 0. The van der Waals surface area contributed by atoms with Crippen LogP contribution >= 0.6 is 0 Å². The number of rotatable bonds is 7. The van der Waals surface area contributed by atoms with E-state index < -0.39 is 0 Å². The predicted octanol–water partition coefficient (Wildman–Crippen LogP) is 3.87. The molecule has 0 fully saturated rings. The lowest BCUT2D eigenvalue weighted by molar-refractivity contribution is 0.361. The zero-order valence-corrected chi connectivity index (χ0v) is 11.7. The van der Waals surface area contributed by atoms with E-state index >= 15 is 0 Å². The molecule has 0 amide bonds. The summed E-state index contributed by atoms with van der Waals surface area (Å²) in [5, 5.41) is 3.61. The number of hydrogen-bond acceptors (Lipinski definition) is 2.